The first kappa shape index (κ1) is 20.6. The fraction of sp³-hybridized carbons (Fsp3) is 0.350. The number of sulfonamides is 1. The van der Waals surface area contributed by atoms with E-state index in [4.69, 9.17) is 11.6 Å². The van der Waals surface area contributed by atoms with Gasteiger partial charge in [-0.05, 0) is 50.1 Å². The Bertz CT molecular complexity index is 929. The van der Waals surface area contributed by atoms with Gasteiger partial charge >= 0.3 is 0 Å². The molecule has 28 heavy (non-hydrogen) atoms. The summed E-state index contributed by atoms with van der Waals surface area (Å²) in [6.45, 7) is 2.76. The van der Waals surface area contributed by atoms with Gasteiger partial charge in [-0.1, -0.05) is 36.2 Å². The number of hydrogen-bond acceptors (Lipinski definition) is 4. The third-order valence-corrected chi connectivity index (χ3v) is 6.92. The Balaban J connectivity index is 1.75. The number of amides is 1. The number of benzene rings is 2. The quantitative estimate of drug-likeness (QED) is 0.740. The molecule has 150 valence electrons. The van der Waals surface area contributed by atoms with Crippen molar-refractivity contribution in [3.8, 4) is 0 Å². The van der Waals surface area contributed by atoms with Gasteiger partial charge in [-0.3, -0.25) is 4.79 Å². The Hall–Kier alpha value is -2.09. The lowest BCUT2D eigenvalue weighted by Gasteiger charge is -2.26. The van der Waals surface area contributed by atoms with Crippen molar-refractivity contribution in [2.75, 3.05) is 23.7 Å². The topological polar surface area (TPSA) is 78.5 Å². The van der Waals surface area contributed by atoms with Crippen LogP contribution in [0.4, 0.5) is 11.4 Å². The molecule has 3 rings (SSSR count). The number of nitrogens with zero attached hydrogens (tertiary/aromatic N) is 1. The zero-order chi connectivity index (χ0) is 20.1. The van der Waals surface area contributed by atoms with Gasteiger partial charge in [-0.25, -0.2) is 8.42 Å². The van der Waals surface area contributed by atoms with Crippen molar-refractivity contribution in [3.63, 3.8) is 0 Å². The van der Waals surface area contributed by atoms with Crippen molar-refractivity contribution < 1.29 is 13.2 Å². The van der Waals surface area contributed by atoms with Crippen LogP contribution in [0.5, 0.6) is 0 Å². The number of halogens is 1. The summed E-state index contributed by atoms with van der Waals surface area (Å²) in [6.07, 6.45) is 2.76. The van der Waals surface area contributed by atoms with E-state index in [2.05, 4.69) is 10.6 Å². The van der Waals surface area contributed by atoms with Gasteiger partial charge in [0.1, 0.15) is 6.04 Å². The molecule has 0 unspecified atom stereocenters. The average Bonchev–Trinajstić information content (AvgIpc) is 2.71. The second-order valence-electron chi connectivity index (χ2n) is 6.83. The van der Waals surface area contributed by atoms with Crippen molar-refractivity contribution in [1.29, 1.82) is 0 Å². The van der Waals surface area contributed by atoms with Gasteiger partial charge < -0.3 is 10.6 Å². The molecule has 0 saturated carbocycles. The van der Waals surface area contributed by atoms with Crippen LogP contribution in [0.3, 0.4) is 0 Å². The van der Waals surface area contributed by atoms with Crippen LogP contribution in [0.15, 0.2) is 53.4 Å². The Morgan fingerprint density at radius 2 is 1.75 bits per heavy atom. The molecule has 1 atom stereocenters. The van der Waals surface area contributed by atoms with Gasteiger partial charge in [0.25, 0.3) is 0 Å². The van der Waals surface area contributed by atoms with E-state index >= 15 is 0 Å². The van der Waals surface area contributed by atoms with Crippen molar-refractivity contribution in [2.45, 2.75) is 37.1 Å². The molecule has 1 heterocycles. The predicted molar refractivity (Wildman–Crippen MR) is 112 cm³/mol. The molecule has 2 aromatic rings. The fourth-order valence-electron chi connectivity index (χ4n) is 3.11. The standard InChI is InChI=1S/C20H24ClN3O3S/c1-15(22-16-8-4-2-5-9-16)20(25)23-19-14-17(10-11-18(19)21)28(26,27)24-12-6-3-7-13-24/h2,4-5,8-11,14-15,22H,3,6-7,12-13H2,1H3,(H,23,25)/t15-/m1/s1. The Morgan fingerprint density at radius 3 is 2.43 bits per heavy atom. The minimum Gasteiger partial charge on any atom is -0.374 e. The maximum Gasteiger partial charge on any atom is 0.246 e. The second kappa shape index (κ2) is 8.94. The average molecular weight is 422 g/mol. The van der Waals surface area contributed by atoms with Gasteiger partial charge in [0.2, 0.25) is 15.9 Å². The summed E-state index contributed by atoms with van der Waals surface area (Å²) >= 11 is 6.20. The van der Waals surface area contributed by atoms with Crippen LogP contribution in [0.2, 0.25) is 5.02 Å². The van der Waals surface area contributed by atoms with Crippen LogP contribution in [0, 0.1) is 0 Å². The van der Waals surface area contributed by atoms with Gasteiger partial charge in [0.05, 0.1) is 15.6 Å². The molecular formula is C20H24ClN3O3S. The van der Waals surface area contributed by atoms with Gasteiger partial charge in [-0.15, -0.1) is 0 Å². The molecule has 0 spiro atoms. The van der Waals surface area contributed by atoms with Crippen molar-refractivity contribution in [2.24, 2.45) is 0 Å². The molecular weight excluding hydrogens is 398 g/mol. The number of piperidine rings is 1. The van der Waals surface area contributed by atoms with Gasteiger partial charge in [0, 0.05) is 18.8 Å². The number of rotatable bonds is 6. The van der Waals surface area contributed by atoms with E-state index in [1.807, 2.05) is 30.3 Å². The van der Waals surface area contributed by atoms with Gasteiger partial charge in [0.15, 0.2) is 0 Å². The lowest BCUT2D eigenvalue weighted by molar-refractivity contribution is -0.116. The first-order chi connectivity index (χ1) is 13.4. The third kappa shape index (κ3) is 4.84. The molecule has 1 saturated heterocycles. The van der Waals surface area contributed by atoms with Crippen LogP contribution in [0.1, 0.15) is 26.2 Å². The van der Waals surface area contributed by atoms with E-state index < -0.39 is 16.1 Å². The highest BCUT2D eigenvalue weighted by atomic mass is 35.5. The van der Waals surface area contributed by atoms with Crippen LogP contribution in [0.25, 0.3) is 0 Å². The predicted octanol–water partition coefficient (Wildman–Crippen LogP) is 3.95. The number of hydrogen-bond donors (Lipinski definition) is 2. The normalized spacial score (nSPS) is 16.4. The lowest BCUT2D eigenvalue weighted by atomic mass is 10.2. The van der Waals surface area contributed by atoms with E-state index in [1.165, 1.54) is 22.5 Å². The highest BCUT2D eigenvalue weighted by molar-refractivity contribution is 7.89. The molecule has 0 aromatic heterocycles. The molecule has 1 fully saturated rings. The van der Waals surface area contributed by atoms with E-state index in [9.17, 15) is 13.2 Å². The maximum atomic E-state index is 12.9. The number of anilines is 2. The number of carbonyl (C=O) groups excluding carboxylic acids is 1. The van der Waals surface area contributed by atoms with Crippen LogP contribution in [-0.2, 0) is 14.8 Å². The third-order valence-electron chi connectivity index (χ3n) is 4.70. The van der Waals surface area contributed by atoms with E-state index in [1.54, 1.807) is 6.92 Å². The van der Waals surface area contributed by atoms with E-state index in [0.717, 1.165) is 24.9 Å². The molecule has 1 aliphatic rings. The van der Waals surface area contributed by atoms with Crippen LogP contribution in [-0.4, -0.2) is 37.8 Å². The second-order valence-corrected chi connectivity index (χ2v) is 9.17. The number of para-hydroxylation sites is 1. The van der Waals surface area contributed by atoms with Crippen molar-refractivity contribution >= 4 is 38.9 Å². The Morgan fingerprint density at radius 1 is 1.07 bits per heavy atom. The molecule has 6 nitrogen and oxygen atoms in total. The molecule has 0 bridgehead atoms. The van der Waals surface area contributed by atoms with Crippen molar-refractivity contribution in [1.82, 2.24) is 4.31 Å². The Labute approximate surface area is 170 Å². The maximum absolute atomic E-state index is 12.9. The summed E-state index contributed by atoms with van der Waals surface area (Å²) in [4.78, 5) is 12.7. The molecule has 1 aliphatic heterocycles. The monoisotopic (exact) mass is 421 g/mol. The molecule has 2 N–H and O–H groups in total. The van der Waals surface area contributed by atoms with E-state index in [0.29, 0.717) is 13.1 Å². The van der Waals surface area contributed by atoms with Gasteiger partial charge in [-0.2, -0.15) is 4.31 Å². The summed E-state index contributed by atoms with van der Waals surface area (Å²) in [5.41, 5.74) is 1.10. The SMILES string of the molecule is C[C@@H](Nc1ccccc1)C(=O)Nc1cc(S(=O)(=O)N2CCCCC2)ccc1Cl. The molecule has 0 aliphatic carbocycles. The number of nitrogens with one attached hydrogen (secondary N) is 2. The summed E-state index contributed by atoms with van der Waals surface area (Å²) in [5.74, 6) is -0.307. The first-order valence-electron chi connectivity index (χ1n) is 9.30. The van der Waals surface area contributed by atoms with E-state index in [-0.39, 0.29) is 21.5 Å². The highest BCUT2D eigenvalue weighted by Gasteiger charge is 2.27. The zero-order valence-electron chi connectivity index (χ0n) is 15.7. The minimum atomic E-state index is -3.60. The van der Waals surface area contributed by atoms with Crippen LogP contribution >= 0.6 is 11.6 Å². The smallest absolute Gasteiger partial charge is 0.246 e. The summed E-state index contributed by atoms with van der Waals surface area (Å²) in [7, 11) is -3.60. The van der Waals surface area contributed by atoms with Crippen LogP contribution < -0.4 is 10.6 Å². The zero-order valence-corrected chi connectivity index (χ0v) is 17.3. The minimum absolute atomic E-state index is 0.137. The molecule has 0 radical (unpaired) electrons. The summed E-state index contributed by atoms with van der Waals surface area (Å²) in [6, 6.07) is 13.3. The highest BCUT2D eigenvalue weighted by Crippen LogP contribution is 2.28. The fourth-order valence-corrected chi connectivity index (χ4v) is 4.81. The summed E-state index contributed by atoms with van der Waals surface area (Å²) in [5, 5.41) is 6.12. The number of carbonyl (C=O) groups is 1. The molecule has 2 aromatic carbocycles. The summed E-state index contributed by atoms with van der Waals surface area (Å²) < 4.78 is 27.2. The lowest BCUT2D eigenvalue weighted by Crippen LogP contribution is -2.35. The molecule has 1 amide bonds. The first-order valence-corrected chi connectivity index (χ1v) is 11.1. The largest absolute Gasteiger partial charge is 0.374 e. The van der Waals surface area contributed by atoms with Crippen molar-refractivity contribution in [3.05, 3.63) is 53.6 Å². The Kier molecular flexibility index (Phi) is 6.59. The molecule has 8 heteroatoms.